The van der Waals surface area contributed by atoms with Gasteiger partial charge < -0.3 is 5.32 Å². The molecule has 0 bridgehead atoms. The van der Waals surface area contributed by atoms with E-state index in [1.807, 2.05) is 47.2 Å². The lowest BCUT2D eigenvalue weighted by Crippen LogP contribution is -2.42. The average molecular weight is 519 g/mol. The lowest BCUT2D eigenvalue weighted by Gasteiger charge is -2.39. The highest BCUT2D eigenvalue weighted by molar-refractivity contribution is 6.35. The zero-order valence-electron chi connectivity index (χ0n) is 19.7. The zero-order valence-corrected chi connectivity index (χ0v) is 22.0. The van der Waals surface area contributed by atoms with E-state index in [0.29, 0.717) is 15.1 Å². The summed E-state index contributed by atoms with van der Waals surface area (Å²) in [6.45, 7) is 6.57. The van der Waals surface area contributed by atoms with Crippen molar-refractivity contribution in [3.63, 3.8) is 0 Å². The first-order valence-electron chi connectivity index (χ1n) is 11.6. The van der Waals surface area contributed by atoms with Gasteiger partial charge in [0.2, 0.25) is 0 Å². The lowest BCUT2D eigenvalue weighted by molar-refractivity contribution is 0.237. The first kappa shape index (κ1) is 25.0. The molecule has 2 aromatic carbocycles. The van der Waals surface area contributed by atoms with E-state index in [9.17, 15) is 0 Å². The van der Waals surface area contributed by atoms with Crippen LogP contribution in [0.3, 0.4) is 0 Å². The van der Waals surface area contributed by atoms with Gasteiger partial charge in [0.05, 0.1) is 11.6 Å². The van der Waals surface area contributed by atoms with Gasteiger partial charge in [0.25, 0.3) is 0 Å². The average Bonchev–Trinajstić information content (AvgIpc) is 3.25. The Kier molecular flexibility index (Phi) is 7.56. The van der Waals surface area contributed by atoms with E-state index in [-0.39, 0.29) is 17.0 Å². The molecule has 0 saturated heterocycles. The van der Waals surface area contributed by atoms with Crippen LogP contribution in [0.5, 0.6) is 0 Å². The van der Waals surface area contributed by atoms with Gasteiger partial charge in [-0.05, 0) is 64.6 Å². The van der Waals surface area contributed by atoms with Crippen LogP contribution in [0.15, 0.2) is 48.5 Å². The van der Waals surface area contributed by atoms with Crippen molar-refractivity contribution < 1.29 is 0 Å². The molecule has 1 atom stereocenters. The van der Waals surface area contributed by atoms with Crippen molar-refractivity contribution in [3.8, 4) is 0 Å². The molecule has 1 aromatic heterocycles. The molecule has 1 aliphatic rings. The number of nitrogens with one attached hydrogen (secondary N) is 1. The number of hydrogen-bond donors (Lipinski definition) is 1. The summed E-state index contributed by atoms with van der Waals surface area (Å²) in [5.74, 6) is 0.846. The summed E-state index contributed by atoms with van der Waals surface area (Å²) in [6, 6.07) is 13.3. The molecule has 3 aromatic rings. The molecule has 1 fully saturated rings. The van der Waals surface area contributed by atoms with Gasteiger partial charge in [0.15, 0.2) is 5.82 Å². The molecule has 5 nitrogen and oxygen atoms in total. The summed E-state index contributed by atoms with van der Waals surface area (Å²) in [6.07, 6.45) is 9.47. The predicted octanol–water partition coefficient (Wildman–Crippen LogP) is 8.21. The van der Waals surface area contributed by atoms with E-state index in [0.717, 1.165) is 42.8 Å². The lowest BCUT2D eigenvalue weighted by atomic mass is 9.79. The summed E-state index contributed by atoms with van der Waals surface area (Å²) in [7, 11) is 0. The van der Waals surface area contributed by atoms with Crippen molar-refractivity contribution in [1.82, 2.24) is 20.2 Å². The third kappa shape index (κ3) is 5.59. The van der Waals surface area contributed by atoms with Crippen molar-refractivity contribution in [1.29, 1.82) is 0 Å². The number of nitrogens with zero attached hydrogens (tertiary/aromatic N) is 4. The van der Waals surface area contributed by atoms with E-state index in [1.54, 1.807) is 6.07 Å². The third-order valence-corrected chi connectivity index (χ3v) is 7.21. The smallest absolute Gasteiger partial charge is 0.177 e. The standard InChI is InChI=1S/C26H30Cl3N5/c1-25(2,3)23(13-11-18-10-12-20(28)17-22(18)29)34-24(31-32-33-34)26(14-5-4-6-15-26)30-21-9-7-8-19(27)16-21/h7-13,16-17,23,30H,4-6,14-15H2,1-3H3/b13-11+. The first-order chi connectivity index (χ1) is 16.2. The molecule has 4 rings (SSSR count). The maximum atomic E-state index is 6.43. The molecule has 1 unspecified atom stereocenters. The summed E-state index contributed by atoms with van der Waals surface area (Å²) in [5.41, 5.74) is 1.35. The van der Waals surface area contributed by atoms with E-state index >= 15 is 0 Å². The maximum absolute atomic E-state index is 6.43. The number of tetrazole rings is 1. The van der Waals surface area contributed by atoms with Gasteiger partial charge in [-0.25, -0.2) is 4.68 Å². The Bertz CT molecular complexity index is 1160. The van der Waals surface area contributed by atoms with Crippen molar-refractivity contribution in [2.24, 2.45) is 5.41 Å². The highest BCUT2D eigenvalue weighted by atomic mass is 35.5. The van der Waals surface area contributed by atoms with Gasteiger partial charge in [0.1, 0.15) is 0 Å². The summed E-state index contributed by atoms with van der Waals surface area (Å²) in [5, 5.41) is 18.9. The summed E-state index contributed by atoms with van der Waals surface area (Å²) < 4.78 is 1.98. The molecule has 0 spiro atoms. The second-order valence-corrected chi connectivity index (χ2v) is 11.3. The SMILES string of the molecule is CC(C)(C)C(/C=C/c1ccc(Cl)cc1Cl)n1nnnc1C1(Nc2cccc(Cl)c2)CCCCC1. The van der Waals surface area contributed by atoms with Gasteiger partial charge in [-0.3, -0.25) is 0 Å². The van der Waals surface area contributed by atoms with Crippen LogP contribution in [-0.2, 0) is 5.54 Å². The molecule has 1 saturated carbocycles. The Hall–Kier alpha value is -2.08. The molecule has 180 valence electrons. The molecule has 1 heterocycles. The van der Waals surface area contributed by atoms with E-state index in [4.69, 9.17) is 34.8 Å². The van der Waals surface area contributed by atoms with Crippen LogP contribution in [0, 0.1) is 5.41 Å². The highest BCUT2D eigenvalue weighted by Gasteiger charge is 2.41. The minimum Gasteiger partial charge on any atom is -0.373 e. The Balaban J connectivity index is 1.75. The van der Waals surface area contributed by atoms with Gasteiger partial charge in [0, 0.05) is 20.8 Å². The van der Waals surface area contributed by atoms with Crippen molar-refractivity contribution in [2.45, 2.75) is 64.5 Å². The fourth-order valence-electron chi connectivity index (χ4n) is 4.67. The fourth-order valence-corrected chi connectivity index (χ4v) is 5.33. The maximum Gasteiger partial charge on any atom is 0.177 e. The fraction of sp³-hybridized carbons (Fsp3) is 0.423. The summed E-state index contributed by atoms with van der Waals surface area (Å²) in [4.78, 5) is 0. The van der Waals surface area contributed by atoms with E-state index in [2.05, 4.69) is 47.7 Å². The Morgan fingerprint density at radius 1 is 1.00 bits per heavy atom. The van der Waals surface area contributed by atoms with Gasteiger partial charge in [-0.15, -0.1) is 5.10 Å². The van der Waals surface area contributed by atoms with Crippen LogP contribution in [-0.4, -0.2) is 20.2 Å². The summed E-state index contributed by atoms with van der Waals surface area (Å²) >= 11 is 18.8. The van der Waals surface area contributed by atoms with Crippen LogP contribution >= 0.6 is 34.8 Å². The molecule has 1 N–H and O–H groups in total. The van der Waals surface area contributed by atoms with Gasteiger partial charge in [-0.1, -0.05) is 99.1 Å². The normalized spacial score (nSPS) is 17.1. The van der Waals surface area contributed by atoms with Crippen LogP contribution in [0.25, 0.3) is 6.08 Å². The second kappa shape index (κ2) is 10.3. The van der Waals surface area contributed by atoms with Crippen molar-refractivity contribution in [2.75, 3.05) is 5.32 Å². The van der Waals surface area contributed by atoms with Crippen LogP contribution in [0.2, 0.25) is 15.1 Å². The van der Waals surface area contributed by atoms with Crippen LogP contribution in [0.1, 0.15) is 70.3 Å². The monoisotopic (exact) mass is 517 g/mol. The number of halogens is 3. The van der Waals surface area contributed by atoms with Crippen molar-refractivity contribution >= 4 is 46.6 Å². The number of aromatic nitrogens is 4. The quantitative estimate of drug-likeness (QED) is 0.357. The molecule has 0 amide bonds. The van der Waals surface area contributed by atoms with E-state index in [1.165, 1.54) is 6.42 Å². The topological polar surface area (TPSA) is 55.6 Å². The minimum atomic E-state index is -0.373. The van der Waals surface area contributed by atoms with Crippen LogP contribution in [0.4, 0.5) is 5.69 Å². The Morgan fingerprint density at radius 2 is 1.74 bits per heavy atom. The second-order valence-electron chi connectivity index (χ2n) is 10.1. The Morgan fingerprint density at radius 3 is 2.41 bits per heavy atom. The number of benzene rings is 2. The molecular weight excluding hydrogens is 489 g/mol. The number of rotatable bonds is 6. The highest BCUT2D eigenvalue weighted by Crippen LogP contribution is 2.42. The van der Waals surface area contributed by atoms with Gasteiger partial charge in [-0.2, -0.15) is 0 Å². The minimum absolute atomic E-state index is 0.0933. The molecule has 0 aliphatic heterocycles. The molecule has 1 aliphatic carbocycles. The molecule has 8 heteroatoms. The Labute approximate surface area is 216 Å². The largest absolute Gasteiger partial charge is 0.373 e. The van der Waals surface area contributed by atoms with Gasteiger partial charge >= 0.3 is 0 Å². The zero-order chi connectivity index (χ0) is 24.3. The number of hydrogen-bond acceptors (Lipinski definition) is 4. The molecule has 34 heavy (non-hydrogen) atoms. The van der Waals surface area contributed by atoms with E-state index < -0.39 is 0 Å². The number of allylic oxidation sites excluding steroid dienone is 1. The molecule has 0 radical (unpaired) electrons. The predicted molar refractivity (Wildman–Crippen MR) is 142 cm³/mol. The molecular formula is C26H30Cl3N5. The first-order valence-corrected chi connectivity index (χ1v) is 12.8. The van der Waals surface area contributed by atoms with Crippen molar-refractivity contribution in [3.05, 3.63) is 75.0 Å². The number of anilines is 1. The third-order valence-electron chi connectivity index (χ3n) is 6.41. The van der Waals surface area contributed by atoms with Crippen LogP contribution < -0.4 is 5.32 Å².